The van der Waals surface area contributed by atoms with E-state index in [2.05, 4.69) is 9.72 Å². The van der Waals surface area contributed by atoms with Crippen molar-refractivity contribution in [1.29, 1.82) is 0 Å². The number of rotatable bonds is 4. The van der Waals surface area contributed by atoms with Crippen molar-refractivity contribution in [1.82, 2.24) is 4.98 Å². The SMILES string of the molecule is NCc1cc(CC(=O)O)c(N)nc1OC(F)(F)F. The van der Waals surface area contributed by atoms with Crippen molar-refractivity contribution in [2.45, 2.75) is 19.3 Å². The lowest BCUT2D eigenvalue weighted by molar-refractivity contribution is -0.276. The molecule has 1 heterocycles. The maximum absolute atomic E-state index is 12.1. The van der Waals surface area contributed by atoms with Crippen LogP contribution in [-0.4, -0.2) is 22.4 Å². The molecular formula is C9H10F3N3O3. The second-order valence-electron chi connectivity index (χ2n) is 3.32. The first-order valence-electron chi connectivity index (χ1n) is 4.69. The summed E-state index contributed by atoms with van der Waals surface area (Å²) in [6, 6.07) is 1.14. The maximum atomic E-state index is 12.1. The maximum Gasteiger partial charge on any atom is 0.574 e. The Morgan fingerprint density at radius 3 is 2.50 bits per heavy atom. The van der Waals surface area contributed by atoms with E-state index in [0.717, 1.165) is 6.07 Å². The van der Waals surface area contributed by atoms with E-state index >= 15 is 0 Å². The normalized spacial score (nSPS) is 11.3. The summed E-state index contributed by atoms with van der Waals surface area (Å²) in [6.07, 6.45) is -5.38. The summed E-state index contributed by atoms with van der Waals surface area (Å²) in [4.78, 5) is 13.9. The molecule has 0 aromatic carbocycles. The summed E-state index contributed by atoms with van der Waals surface area (Å²) in [5.74, 6) is -2.29. The molecule has 0 spiro atoms. The monoisotopic (exact) mass is 265 g/mol. The zero-order valence-electron chi connectivity index (χ0n) is 8.99. The third-order valence-electron chi connectivity index (χ3n) is 1.95. The highest BCUT2D eigenvalue weighted by atomic mass is 19.4. The number of nitrogens with two attached hydrogens (primary N) is 2. The fourth-order valence-corrected chi connectivity index (χ4v) is 1.25. The highest BCUT2D eigenvalue weighted by Crippen LogP contribution is 2.27. The molecule has 0 saturated carbocycles. The fourth-order valence-electron chi connectivity index (χ4n) is 1.25. The number of aromatic nitrogens is 1. The molecule has 0 bridgehead atoms. The van der Waals surface area contributed by atoms with E-state index in [4.69, 9.17) is 16.6 Å². The average Bonchev–Trinajstić information content (AvgIpc) is 2.19. The summed E-state index contributed by atoms with van der Waals surface area (Å²) in [7, 11) is 0. The van der Waals surface area contributed by atoms with Crippen molar-refractivity contribution in [3.63, 3.8) is 0 Å². The second-order valence-corrected chi connectivity index (χ2v) is 3.32. The molecule has 0 atom stereocenters. The second kappa shape index (κ2) is 5.08. The number of carboxylic acid groups (broad SMARTS) is 1. The van der Waals surface area contributed by atoms with Crippen LogP contribution < -0.4 is 16.2 Å². The van der Waals surface area contributed by atoms with Gasteiger partial charge in [0.2, 0.25) is 5.88 Å². The summed E-state index contributed by atoms with van der Waals surface area (Å²) in [5.41, 5.74) is 10.6. The molecule has 0 radical (unpaired) electrons. The highest BCUT2D eigenvalue weighted by Gasteiger charge is 2.33. The summed E-state index contributed by atoms with van der Waals surface area (Å²) < 4.78 is 39.8. The van der Waals surface area contributed by atoms with Gasteiger partial charge in [0.05, 0.1) is 6.42 Å². The molecule has 18 heavy (non-hydrogen) atoms. The van der Waals surface area contributed by atoms with Gasteiger partial charge in [-0.3, -0.25) is 4.79 Å². The van der Waals surface area contributed by atoms with Gasteiger partial charge in [-0.2, -0.15) is 4.98 Å². The molecule has 0 unspecified atom stereocenters. The molecule has 0 amide bonds. The Bertz CT molecular complexity index is 462. The lowest BCUT2D eigenvalue weighted by Gasteiger charge is -2.13. The molecule has 1 aromatic rings. The number of carboxylic acids is 1. The number of carbonyl (C=O) groups is 1. The zero-order chi connectivity index (χ0) is 13.9. The van der Waals surface area contributed by atoms with Crippen molar-refractivity contribution in [3.05, 3.63) is 17.2 Å². The van der Waals surface area contributed by atoms with Crippen LogP contribution in [0.1, 0.15) is 11.1 Å². The number of nitrogen functional groups attached to an aromatic ring is 1. The number of ether oxygens (including phenoxy) is 1. The van der Waals surface area contributed by atoms with Gasteiger partial charge < -0.3 is 21.3 Å². The number of anilines is 1. The van der Waals surface area contributed by atoms with E-state index in [-0.39, 0.29) is 23.5 Å². The quantitative estimate of drug-likeness (QED) is 0.736. The molecule has 0 aliphatic heterocycles. The Balaban J connectivity index is 3.14. The minimum absolute atomic E-state index is 0.0715. The molecule has 1 aromatic heterocycles. The van der Waals surface area contributed by atoms with E-state index in [1.54, 1.807) is 0 Å². The van der Waals surface area contributed by atoms with Gasteiger partial charge in [0.15, 0.2) is 0 Å². The van der Waals surface area contributed by atoms with Crippen LogP contribution in [0.25, 0.3) is 0 Å². The average molecular weight is 265 g/mol. The minimum Gasteiger partial charge on any atom is -0.481 e. The van der Waals surface area contributed by atoms with Crippen LogP contribution >= 0.6 is 0 Å². The van der Waals surface area contributed by atoms with Crippen molar-refractivity contribution >= 4 is 11.8 Å². The largest absolute Gasteiger partial charge is 0.574 e. The molecule has 100 valence electrons. The molecule has 5 N–H and O–H groups in total. The predicted octanol–water partition coefficient (Wildman–Crippen LogP) is 0.648. The van der Waals surface area contributed by atoms with Gasteiger partial charge >= 0.3 is 12.3 Å². The van der Waals surface area contributed by atoms with E-state index in [0.29, 0.717) is 0 Å². The molecular weight excluding hydrogens is 255 g/mol. The number of nitrogens with zero attached hydrogens (tertiary/aromatic N) is 1. The Morgan fingerprint density at radius 2 is 2.06 bits per heavy atom. The van der Waals surface area contributed by atoms with E-state index < -0.39 is 24.6 Å². The Kier molecular flexibility index (Phi) is 3.96. The lowest BCUT2D eigenvalue weighted by atomic mass is 10.1. The van der Waals surface area contributed by atoms with Crippen molar-refractivity contribution in [2.75, 3.05) is 5.73 Å². The van der Waals surface area contributed by atoms with Crippen molar-refractivity contribution in [2.24, 2.45) is 5.73 Å². The Labute approximate surface area is 99.4 Å². The Hall–Kier alpha value is -2.03. The van der Waals surface area contributed by atoms with Gasteiger partial charge in [-0.15, -0.1) is 13.2 Å². The molecule has 1 rings (SSSR count). The van der Waals surface area contributed by atoms with Crippen LogP contribution in [0.4, 0.5) is 19.0 Å². The summed E-state index contributed by atoms with van der Waals surface area (Å²) in [6.45, 7) is -0.286. The number of halogens is 3. The predicted molar refractivity (Wildman–Crippen MR) is 54.6 cm³/mol. The molecule has 0 saturated heterocycles. The van der Waals surface area contributed by atoms with Gasteiger partial charge in [0.25, 0.3) is 0 Å². The van der Waals surface area contributed by atoms with Crippen LogP contribution in [0.5, 0.6) is 5.88 Å². The first kappa shape index (κ1) is 14.0. The first-order chi connectivity index (χ1) is 8.23. The van der Waals surface area contributed by atoms with Crippen molar-refractivity contribution in [3.8, 4) is 5.88 Å². The third-order valence-corrected chi connectivity index (χ3v) is 1.95. The van der Waals surface area contributed by atoms with Gasteiger partial charge in [-0.05, 0) is 6.07 Å². The van der Waals surface area contributed by atoms with Crippen LogP contribution in [-0.2, 0) is 17.8 Å². The first-order valence-corrected chi connectivity index (χ1v) is 4.69. The zero-order valence-corrected chi connectivity index (χ0v) is 8.99. The lowest BCUT2D eigenvalue weighted by Crippen LogP contribution is -2.20. The summed E-state index contributed by atoms with van der Waals surface area (Å²) in [5, 5.41) is 8.58. The van der Waals surface area contributed by atoms with E-state index in [1.165, 1.54) is 0 Å². The van der Waals surface area contributed by atoms with Gasteiger partial charge in [0, 0.05) is 17.7 Å². The van der Waals surface area contributed by atoms with Gasteiger partial charge in [-0.25, -0.2) is 0 Å². The van der Waals surface area contributed by atoms with Crippen LogP contribution in [0.3, 0.4) is 0 Å². The number of hydrogen-bond acceptors (Lipinski definition) is 5. The summed E-state index contributed by atoms with van der Waals surface area (Å²) >= 11 is 0. The molecule has 0 aliphatic rings. The number of alkyl halides is 3. The topological polar surface area (TPSA) is 111 Å². The third kappa shape index (κ3) is 3.77. The molecule has 0 fully saturated rings. The van der Waals surface area contributed by atoms with Crippen LogP contribution in [0, 0.1) is 0 Å². The highest BCUT2D eigenvalue weighted by molar-refractivity contribution is 5.72. The van der Waals surface area contributed by atoms with E-state index in [1.807, 2.05) is 0 Å². The Morgan fingerprint density at radius 1 is 1.44 bits per heavy atom. The molecule has 9 heteroatoms. The number of hydrogen-bond donors (Lipinski definition) is 3. The molecule has 6 nitrogen and oxygen atoms in total. The standard InChI is InChI=1S/C9H10F3N3O3/c10-9(11,12)18-8-5(3-13)1-4(2-6(16)17)7(14)15-8/h1H,2-3,13H2,(H2,14,15)(H,16,17). The smallest absolute Gasteiger partial charge is 0.481 e. The van der Waals surface area contributed by atoms with Crippen LogP contribution in [0.2, 0.25) is 0 Å². The van der Waals surface area contributed by atoms with Crippen molar-refractivity contribution < 1.29 is 27.8 Å². The van der Waals surface area contributed by atoms with Gasteiger partial charge in [-0.1, -0.05) is 0 Å². The number of aliphatic carboxylic acids is 1. The fraction of sp³-hybridized carbons (Fsp3) is 0.333. The molecule has 0 aliphatic carbocycles. The van der Waals surface area contributed by atoms with Gasteiger partial charge in [0.1, 0.15) is 5.82 Å². The number of pyridine rings is 1. The van der Waals surface area contributed by atoms with Crippen LogP contribution in [0.15, 0.2) is 6.07 Å². The minimum atomic E-state index is -4.92. The van der Waals surface area contributed by atoms with E-state index in [9.17, 15) is 18.0 Å².